The zero-order valence-electron chi connectivity index (χ0n) is 14.3. The Kier molecular flexibility index (Phi) is 5.96. The number of benzene rings is 1. The van der Waals surface area contributed by atoms with Crippen molar-refractivity contribution in [3.05, 3.63) is 28.0 Å². The third-order valence-electron chi connectivity index (χ3n) is 5.38. The van der Waals surface area contributed by atoms with Crippen molar-refractivity contribution in [1.29, 1.82) is 0 Å². The van der Waals surface area contributed by atoms with Crippen LogP contribution >= 0.6 is 15.9 Å². The van der Waals surface area contributed by atoms with Crippen LogP contribution in [0.3, 0.4) is 0 Å². The normalized spacial score (nSPS) is 21.0. The number of amides is 1. The van der Waals surface area contributed by atoms with Gasteiger partial charge >= 0.3 is 0 Å². The van der Waals surface area contributed by atoms with Crippen LogP contribution in [0, 0.1) is 5.82 Å². The minimum Gasteiger partial charge on any atom is -0.382 e. The third kappa shape index (κ3) is 4.15. The lowest BCUT2D eigenvalue weighted by atomic mass is 9.79. The lowest BCUT2D eigenvalue weighted by molar-refractivity contribution is -0.0318. The van der Waals surface area contributed by atoms with E-state index in [0.717, 1.165) is 39.1 Å². The Hall–Kier alpha value is -1.18. The Bertz CT molecular complexity index is 629. The highest BCUT2D eigenvalue weighted by Crippen LogP contribution is 2.35. The van der Waals surface area contributed by atoms with Crippen molar-refractivity contribution in [2.75, 3.05) is 38.2 Å². The zero-order valence-corrected chi connectivity index (χ0v) is 15.9. The summed E-state index contributed by atoms with van der Waals surface area (Å²) in [5.74, 6) is -1.36. The van der Waals surface area contributed by atoms with Crippen molar-refractivity contribution in [2.24, 2.45) is 5.73 Å². The largest absolute Gasteiger partial charge is 0.382 e. The maximum atomic E-state index is 14.2. The molecule has 0 aromatic heterocycles. The molecule has 25 heavy (non-hydrogen) atoms. The Morgan fingerprint density at radius 1 is 1.28 bits per heavy atom. The topological polar surface area (TPSA) is 67.6 Å². The number of nitrogens with zero attached hydrogens (tertiary/aromatic N) is 1. The molecule has 1 aromatic carbocycles. The van der Waals surface area contributed by atoms with E-state index in [2.05, 4.69) is 26.1 Å². The van der Waals surface area contributed by atoms with Crippen molar-refractivity contribution in [2.45, 2.75) is 37.6 Å². The number of carbonyl (C=O) groups excluding carboxylic acids is 1. The van der Waals surface area contributed by atoms with E-state index in [4.69, 9.17) is 10.5 Å². The summed E-state index contributed by atoms with van der Waals surface area (Å²) in [5, 5.41) is 3.33. The van der Waals surface area contributed by atoms with E-state index in [1.165, 1.54) is 25.3 Å². The molecule has 1 saturated heterocycles. The zero-order chi connectivity index (χ0) is 17.9. The van der Waals surface area contributed by atoms with Gasteiger partial charge in [-0.1, -0.05) is 35.2 Å². The molecule has 138 valence electrons. The van der Waals surface area contributed by atoms with Gasteiger partial charge in [0.1, 0.15) is 5.82 Å². The molecule has 5 nitrogen and oxygen atoms in total. The van der Waals surface area contributed by atoms with Crippen LogP contribution < -0.4 is 11.1 Å². The van der Waals surface area contributed by atoms with Gasteiger partial charge < -0.3 is 15.8 Å². The van der Waals surface area contributed by atoms with Gasteiger partial charge in [-0.15, -0.1) is 0 Å². The molecule has 7 heteroatoms. The molecule has 0 atom stereocenters. The van der Waals surface area contributed by atoms with Gasteiger partial charge in [0.15, 0.2) is 0 Å². The number of hydrogen-bond acceptors (Lipinski definition) is 4. The van der Waals surface area contributed by atoms with Crippen molar-refractivity contribution in [1.82, 2.24) is 4.90 Å². The quantitative estimate of drug-likeness (QED) is 0.777. The van der Waals surface area contributed by atoms with Gasteiger partial charge in [0.2, 0.25) is 0 Å². The average molecular weight is 414 g/mol. The SMILES string of the molecule is NC(=O)c1c(F)cc(Br)cc1NCC1(N2CCOCC2)CCCCC1. The highest BCUT2D eigenvalue weighted by atomic mass is 79.9. The van der Waals surface area contributed by atoms with Crippen LogP contribution in [0.15, 0.2) is 16.6 Å². The number of nitrogens with two attached hydrogens (primary N) is 1. The summed E-state index contributed by atoms with van der Waals surface area (Å²) in [7, 11) is 0. The predicted octanol–water partition coefficient (Wildman–Crippen LogP) is 3.13. The summed E-state index contributed by atoms with van der Waals surface area (Å²) in [5.41, 5.74) is 5.80. The number of ether oxygens (including phenoxy) is 1. The summed E-state index contributed by atoms with van der Waals surface area (Å²) >= 11 is 3.29. The summed E-state index contributed by atoms with van der Waals surface area (Å²) in [6.45, 7) is 4.00. The molecule has 1 heterocycles. The Balaban J connectivity index is 1.83. The molecule has 0 bridgehead atoms. The highest BCUT2D eigenvalue weighted by Gasteiger charge is 2.38. The van der Waals surface area contributed by atoms with Gasteiger partial charge in [0, 0.05) is 29.6 Å². The minimum absolute atomic E-state index is 0.0236. The average Bonchev–Trinajstić information content (AvgIpc) is 2.60. The smallest absolute Gasteiger partial charge is 0.253 e. The molecule has 1 aliphatic carbocycles. The predicted molar refractivity (Wildman–Crippen MR) is 99.3 cm³/mol. The first-order valence-electron chi connectivity index (χ1n) is 8.87. The summed E-state index contributed by atoms with van der Waals surface area (Å²) in [6.07, 6.45) is 5.83. The lowest BCUT2D eigenvalue weighted by Gasteiger charge is -2.48. The van der Waals surface area contributed by atoms with Gasteiger partial charge in [-0.25, -0.2) is 4.39 Å². The monoisotopic (exact) mass is 413 g/mol. The van der Waals surface area contributed by atoms with Crippen LogP contribution in [0.2, 0.25) is 0 Å². The highest BCUT2D eigenvalue weighted by molar-refractivity contribution is 9.10. The molecule has 0 unspecified atom stereocenters. The van der Waals surface area contributed by atoms with Gasteiger partial charge in [0.05, 0.1) is 24.5 Å². The van der Waals surface area contributed by atoms with Crippen LogP contribution in [0.25, 0.3) is 0 Å². The minimum atomic E-state index is -0.753. The fourth-order valence-corrected chi connectivity index (χ4v) is 4.51. The molecule has 1 aromatic rings. The number of nitrogens with one attached hydrogen (secondary N) is 1. The van der Waals surface area contributed by atoms with Crippen LogP contribution in [-0.4, -0.2) is 49.2 Å². The standard InChI is InChI=1S/C18H25BrFN3O2/c19-13-10-14(20)16(17(21)24)15(11-13)22-12-18(4-2-1-3-5-18)23-6-8-25-9-7-23/h10-11,22H,1-9,12H2,(H2,21,24). The third-order valence-corrected chi connectivity index (χ3v) is 5.83. The number of primary amides is 1. The van der Waals surface area contributed by atoms with Crippen molar-refractivity contribution >= 4 is 27.5 Å². The second-order valence-electron chi connectivity index (χ2n) is 6.91. The van der Waals surface area contributed by atoms with E-state index in [1.54, 1.807) is 6.07 Å². The molecule has 0 spiro atoms. The van der Waals surface area contributed by atoms with Gasteiger partial charge in [-0.3, -0.25) is 9.69 Å². The lowest BCUT2D eigenvalue weighted by Crippen LogP contribution is -2.58. The first-order chi connectivity index (χ1) is 12.0. The number of halogens is 2. The van der Waals surface area contributed by atoms with Crippen molar-refractivity contribution in [3.8, 4) is 0 Å². The molecular formula is C18H25BrFN3O2. The second kappa shape index (κ2) is 8.01. The van der Waals surface area contributed by atoms with E-state index in [-0.39, 0.29) is 11.1 Å². The maximum Gasteiger partial charge on any atom is 0.253 e. The molecule has 2 aliphatic rings. The van der Waals surface area contributed by atoms with E-state index in [9.17, 15) is 9.18 Å². The fraction of sp³-hybridized carbons (Fsp3) is 0.611. The van der Waals surface area contributed by atoms with E-state index in [0.29, 0.717) is 16.7 Å². The molecule has 1 amide bonds. The first kappa shape index (κ1) is 18.6. The summed E-state index contributed by atoms with van der Waals surface area (Å²) in [4.78, 5) is 14.2. The molecule has 1 aliphatic heterocycles. The number of hydrogen-bond donors (Lipinski definition) is 2. The van der Waals surface area contributed by atoms with Gasteiger partial charge in [0.25, 0.3) is 5.91 Å². The fourth-order valence-electron chi connectivity index (χ4n) is 4.08. The van der Waals surface area contributed by atoms with Crippen LogP contribution in [-0.2, 0) is 4.74 Å². The first-order valence-corrected chi connectivity index (χ1v) is 9.67. The Labute approximate surface area is 156 Å². The van der Waals surface area contributed by atoms with E-state index < -0.39 is 11.7 Å². The number of rotatable bonds is 5. The number of anilines is 1. The molecule has 3 rings (SSSR count). The molecule has 2 fully saturated rings. The Morgan fingerprint density at radius 2 is 1.96 bits per heavy atom. The van der Waals surface area contributed by atoms with Gasteiger partial charge in [-0.2, -0.15) is 0 Å². The molecular weight excluding hydrogens is 389 g/mol. The van der Waals surface area contributed by atoms with Gasteiger partial charge in [-0.05, 0) is 25.0 Å². The molecule has 0 radical (unpaired) electrons. The van der Waals surface area contributed by atoms with Crippen LogP contribution in [0.5, 0.6) is 0 Å². The summed E-state index contributed by atoms with van der Waals surface area (Å²) < 4.78 is 20.3. The van der Waals surface area contributed by atoms with Crippen LogP contribution in [0.1, 0.15) is 42.5 Å². The number of morpholine rings is 1. The molecule has 3 N–H and O–H groups in total. The number of carbonyl (C=O) groups is 1. The summed E-state index contributed by atoms with van der Waals surface area (Å²) in [6, 6.07) is 2.99. The maximum absolute atomic E-state index is 14.2. The van der Waals surface area contributed by atoms with Crippen LogP contribution in [0.4, 0.5) is 10.1 Å². The van der Waals surface area contributed by atoms with E-state index >= 15 is 0 Å². The van der Waals surface area contributed by atoms with Crippen molar-refractivity contribution < 1.29 is 13.9 Å². The second-order valence-corrected chi connectivity index (χ2v) is 7.83. The van der Waals surface area contributed by atoms with Crippen molar-refractivity contribution in [3.63, 3.8) is 0 Å². The Morgan fingerprint density at radius 3 is 2.60 bits per heavy atom. The molecule has 1 saturated carbocycles. The van der Waals surface area contributed by atoms with E-state index in [1.807, 2.05) is 0 Å².